The molecule has 0 aromatic carbocycles. The van der Waals surface area contributed by atoms with E-state index in [9.17, 15) is 26.7 Å². The Hall–Kier alpha value is -0.940. The second-order valence-electron chi connectivity index (χ2n) is 9.87. The first-order valence-corrected chi connectivity index (χ1v) is 10.1. The van der Waals surface area contributed by atoms with E-state index in [2.05, 4.69) is 6.92 Å². The largest absolute Gasteiger partial charge is 0.454 e. The van der Waals surface area contributed by atoms with Crippen molar-refractivity contribution in [1.82, 2.24) is 0 Å². The van der Waals surface area contributed by atoms with Crippen LogP contribution in [0, 0.1) is 34.5 Å². The van der Waals surface area contributed by atoms with Crippen LogP contribution in [0.2, 0.25) is 0 Å². The molecule has 6 heteroatoms. The summed E-state index contributed by atoms with van der Waals surface area (Å²) >= 11 is 0. The second kappa shape index (κ2) is 5.79. The SMILES string of the molecule is C[C@@]12CCC[C@H]1[C@@H]1CCC3=CC(=O)C(C(F)(F)C(F)(F)F)C[C@]3(C)[C@H]1CC2. The average molecular weight is 390 g/mol. The quantitative estimate of drug-likeness (QED) is 0.478. The Labute approximate surface area is 156 Å². The summed E-state index contributed by atoms with van der Waals surface area (Å²) in [5.41, 5.74) is 0.378. The Morgan fingerprint density at radius 2 is 1.70 bits per heavy atom. The van der Waals surface area contributed by atoms with Crippen molar-refractivity contribution in [1.29, 1.82) is 0 Å². The Bertz CT molecular complexity index is 681. The predicted octanol–water partition coefficient (Wildman–Crippen LogP) is 6.33. The Balaban J connectivity index is 1.69. The summed E-state index contributed by atoms with van der Waals surface area (Å²) in [5, 5.41) is 0. The molecule has 6 atom stereocenters. The van der Waals surface area contributed by atoms with Crippen molar-refractivity contribution in [3.8, 4) is 0 Å². The van der Waals surface area contributed by atoms with Gasteiger partial charge in [-0.1, -0.05) is 25.8 Å². The molecule has 1 nitrogen and oxygen atoms in total. The van der Waals surface area contributed by atoms with Crippen LogP contribution in [-0.2, 0) is 4.79 Å². The molecule has 1 unspecified atom stereocenters. The number of halogens is 5. The molecule has 4 aliphatic carbocycles. The second-order valence-corrected chi connectivity index (χ2v) is 9.87. The fourth-order valence-corrected chi connectivity index (χ4v) is 7.14. The van der Waals surface area contributed by atoms with E-state index in [0.29, 0.717) is 23.7 Å². The molecule has 27 heavy (non-hydrogen) atoms. The van der Waals surface area contributed by atoms with E-state index in [1.807, 2.05) is 6.92 Å². The van der Waals surface area contributed by atoms with Crippen molar-refractivity contribution in [2.75, 3.05) is 0 Å². The molecule has 0 aliphatic heterocycles. The molecular weight excluding hydrogens is 363 g/mol. The lowest BCUT2D eigenvalue weighted by Gasteiger charge is -2.58. The maximum atomic E-state index is 14.1. The lowest BCUT2D eigenvalue weighted by molar-refractivity contribution is -0.301. The monoisotopic (exact) mass is 390 g/mol. The van der Waals surface area contributed by atoms with Gasteiger partial charge in [0.2, 0.25) is 0 Å². The van der Waals surface area contributed by atoms with Crippen LogP contribution in [0.4, 0.5) is 22.0 Å². The highest BCUT2D eigenvalue weighted by Crippen LogP contribution is 2.66. The molecule has 0 spiro atoms. The summed E-state index contributed by atoms with van der Waals surface area (Å²) < 4.78 is 67.2. The average Bonchev–Trinajstić information content (AvgIpc) is 2.95. The summed E-state index contributed by atoms with van der Waals surface area (Å²) in [4.78, 5) is 12.2. The van der Waals surface area contributed by atoms with Gasteiger partial charge in [0, 0.05) is 0 Å². The topological polar surface area (TPSA) is 17.1 Å². The fraction of sp³-hybridized carbons (Fsp3) is 0.857. The fourth-order valence-electron chi connectivity index (χ4n) is 7.14. The van der Waals surface area contributed by atoms with E-state index >= 15 is 0 Å². The molecule has 3 fully saturated rings. The molecule has 4 aliphatic rings. The molecular formula is C21H27F5O. The highest BCUT2D eigenvalue weighted by Gasteiger charge is 2.67. The number of carbonyl (C=O) groups is 1. The van der Waals surface area contributed by atoms with Gasteiger partial charge < -0.3 is 0 Å². The third-order valence-corrected chi connectivity index (χ3v) is 8.62. The lowest BCUT2D eigenvalue weighted by atomic mass is 9.46. The molecule has 0 N–H and O–H groups in total. The Kier molecular flexibility index (Phi) is 4.16. The van der Waals surface area contributed by atoms with Gasteiger partial charge in [0.25, 0.3) is 0 Å². The zero-order valence-corrected chi connectivity index (χ0v) is 15.8. The zero-order valence-electron chi connectivity index (χ0n) is 15.8. The third kappa shape index (κ3) is 2.64. The summed E-state index contributed by atoms with van der Waals surface area (Å²) in [6.07, 6.45) is 2.03. The number of ketones is 1. The van der Waals surface area contributed by atoms with E-state index in [1.54, 1.807) is 0 Å². The van der Waals surface area contributed by atoms with E-state index < -0.39 is 29.2 Å². The highest BCUT2D eigenvalue weighted by atomic mass is 19.4. The first-order valence-electron chi connectivity index (χ1n) is 10.1. The molecule has 152 valence electrons. The zero-order chi connectivity index (χ0) is 19.8. The number of allylic oxidation sites excluding steroid dienone is 1. The van der Waals surface area contributed by atoms with Crippen LogP contribution in [0.3, 0.4) is 0 Å². The molecule has 0 radical (unpaired) electrons. The first kappa shape index (κ1) is 19.4. The normalized spacial score (nSPS) is 45.0. The van der Waals surface area contributed by atoms with Crippen molar-refractivity contribution in [3.05, 3.63) is 11.6 Å². The summed E-state index contributed by atoms with van der Waals surface area (Å²) in [6, 6.07) is 0. The van der Waals surface area contributed by atoms with Crippen molar-refractivity contribution in [2.45, 2.75) is 77.3 Å². The van der Waals surface area contributed by atoms with Crippen molar-refractivity contribution in [3.63, 3.8) is 0 Å². The van der Waals surface area contributed by atoms with Gasteiger partial charge >= 0.3 is 12.1 Å². The minimum atomic E-state index is -5.69. The van der Waals surface area contributed by atoms with Crippen LogP contribution < -0.4 is 0 Å². The van der Waals surface area contributed by atoms with Gasteiger partial charge in [-0.05, 0) is 79.6 Å². The van der Waals surface area contributed by atoms with Gasteiger partial charge in [0.15, 0.2) is 5.78 Å². The minimum absolute atomic E-state index is 0.105. The number of rotatable bonds is 1. The van der Waals surface area contributed by atoms with Gasteiger partial charge in [-0.15, -0.1) is 0 Å². The number of hydrogen-bond donors (Lipinski definition) is 0. The Morgan fingerprint density at radius 1 is 1.00 bits per heavy atom. The van der Waals surface area contributed by atoms with Crippen molar-refractivity contribution in [2.24, 2.45) is 34.5 Å². The van der Waals surface area contributed by atoms with Gasteiger partial charge in [-0.25, -0.2) is 0 Å². The summed E-state index contributed by atoms with van der Waals surface area (Å²) in [6.45, 7) is 4.17. The van der Waals surface area contributed by atoms with Crippen molar-refractivity contribution < 1.29 is 26.7 Å². The molecule has 0 heterocycles. The van der Waals surface area contributed by atoms with Gasteiger partial charge in [-0.3, -0.25) is 4.79 Å². The van der Waals surface area contributed by atoms with Crippen LogP contribution in [0.5, 0.6) is 0 Å². The smallest absolute Gasteiger partial charge is 0.294 e. The van der Waals surface area contributed by atoms with E-state index in [1.165, 1.54) is 12.8 Å². The standard InChI is InChI=1S/C21H27F5O/c1-18-8-3-4-14(18)13-6-5-12-10-17(27)16(20(22,23)21(24,25)26)11-19(12,2)15(13)7-9-18/h10,13-16H,3-9,11H2,1-2H3/t13-,14-,15-,16?,18-,19-/m0/s1. The van der Waals surface area contributed by atoms with Crippen LogP contribution in [0.15, 0.2) is 11.6 Å². The molecule has 0 aromatic heterocycles. The van der Waals surface area contributed by atoms with Crippen molar-refractivity contribution >= 4 is 5.78 Å². The number of hydrogen-bond acceptors (Lipinski definition) is 1. The molecule has 4 rings (SSSR count). The number of fused-ring (bicyclic) bond motifs is 5. The third-order valence-electron chi connectivity index (χ3n) is 8.62. The lowest BCUT2D eigenvalue weighted by Crippen LogP contribution is -2.55. The Morgan fingerprint density at radius 3 is 2.37 bits per heavy atom. The number of alkyl halides is 5. The number of carbonyl (C=O) groups excluding carboxylic acids is 1. The summed E-state index contributed by atoms with van der Waals surface area (Å²) in [7, 11) is 0. The molecule has 0 saturated heterocycles. The molecule has 0 aromatic rings. The van der Waals surface area contributed by atoms with Gasteiger partial charge in [0.05, 0.1) is 5.92 Å². The van der Waals surface area contributed by atoms with E-state index in [-0.39, 0.29) is 12.3 Å². The summed E-state index contributed by atoms with van der Waals surface area (Å²) in [5.74, 6) is -7.30. The van der Waals surface area contributed by atoms with Crippen LogP contribution in [-0.4, -0.2) is 17.9 Å². The molecule has 0 bridgehead atoms. The predicted molar refractivity (Wildman–Crippen MR) is 91.2 cm³/mol. The van der Waals surface area contributed by atoms with Gasteiger partial charge in [-0.2, -0.15) is 22.0 Å². The van der Waals surface area contributed by atoms with Crippen LogP contribution in [0.25, 0.3) is 0 Å². The van der Waals surface area contributed by atoms with E-state index in [0.717, 1.165) is 37.3 Å². The van der Waals surface area contributed by atoms with Gasteiger partial charge in [0.1, 0.15) is 0 Å². The molecule has 3 saturated carbocycles. The van der Waals surface area contributed by atoms with Crippen LogP contribution in [0.1, 0.15) is 65.2 Å². The highest BCUT2D eigenvalue weighted by molar-refractivity contribution is 5.94. The van der Waals surface area contributed by atoms with Crippen LogP contribution >= 0.6 is 0 Å². The van der Waals surface area contributed by atoms with E-state index in [4.69, 9.17) is 0 Å². The molecule has 0 amide bonds. The maximum absolute atomic E-state index is 14.1. The maximum Gasteiger partial charge on any atom is 0.454 e. The minimum Gasteiger partial charge on any atom is -0.294 e. The first-order chi connectivity index (χ1) is 12.4.